The van der Waals surface area contributed by atoms with E-state index in [0.717, 1.165) is 37.7 Å². The number of rotatable bonds is 4. The molecule has 2 rings (SSSR count). The summed E-state index contributed by atoms with van der Waals surface area (Å²) in [6, 6.07) is 10.1. The lowest BCUT2D eigenvalue weighted by molar-refractivity contribution is 0.386. The van der Waals surface area contributed by atoms with Gasteiger partial charge in [-0.15, -0.1) is 0 Å². The van der Waals surface area contributed by atoms with Gasteiger partial charge in [0.25, 0.3) is 0 Å². The fourth-order valence-electron chi connectivity index (χ4n) is 2.52. The van der Waals surface area contributed by atoms with E-state index in [4.69, 9.17) is 5.26 Å². The van der Waals surface area contributed by atoms with Crippen LogP contribution in [0.25, 0.3) is 0 Å². The van der Waals surface area contributed by atoms with Crippen LogP contribution in [0.3, 0.4) is 0 Å². The molecular weight excluding hydrogens is 222 g/mol. The molecule has 1 heterocycles. The Morgan fingerprint density at radius 1 is 1.39 bits per heavy atom. The van der Waals surface area contributed by atoms with Gasteiger partial charge in [0, 0.05) is 18.8 Å². The Balaban J connectivity index is 1.91. The predicted octanol–water partition coefficient (Wildman–Crippen LogP) is 2.38. The second kappa shape index (κ2) is 6.42. The lowest BCUT2D eigenvalue weighted by Gasteiger charge is -2.33. The average Bonchev–Trinajstić information content (AvgIpc) is 2.46. The maximum Gasteiger partial charge on any atom is 0.0992 e. The zero-order valence-electron chi connectivity index (χ0n) is 11.0. The van der Waals surface area contributed by atoms with Crippen molar-refractivity contribution >= 4 is 5.69 Å². The van der Waals surface area contributed by atoms with Crippen LogP contribution >= 0.6 is 0 Å². The van der Waals surface area contributed by atoms with Crippen molar-refractivity contribution in [3.05, 3.63) is 29.8 Å². The molecule has 0 aromatic heterocycles. The van der Waals surface area contributed by atoms with Crippen molar-refractivity contribution < 1.29 is 0 Å². The van der Waals surface area contributed by atoms with E-state index in [0.29, 0.717) is 0 Å². The van der Waals surface area contributed by atoms with Gasteiger partial charge < -0.3 is 10.2 Å². The summed E-state index contributed by atoms with van der Waals surface area (Å²) >= 11 is 0. The first-order valence-corrected chi connectivity index (χ1v) is 6.79. The zero-order chi connectivity index (χ0) is 12.8. The first-order valence-electron chi connectivity index (χ1n) is 6.79. The first-order chi connectivity index (χ1) is 8.83. The number of nitriles is 1. The van der Waals surface area contributed by atoms with Crippen LogP contribution in [0.2, 0.25) is 0 Å². The quantitative estimate of drug-likeness (QED) is 0.882. The number of nitrogens with zero attached hydrogens (tertiary/aromatic N) is 2. The molecule has 3 nitrogen and oxygen atoms in total. The van der Waals surface area contributed by atoms with Crippen molar-refractivity contribution in [3.8, 4) is 6.07 Å². The summed E-state index contributed by atoms with van der Waals surface area (Å²) in [6.07, 6.45) is 2.48. The lowest BCUT2D eigenvalue weighted by atomic mass is 9.96. The minimum atomic E-state index is 0.752. The van der Waals surface area contributed by atoms with E-state index in [9.17, 15) is 0 Å². The molecule has 18 heavy (non-hydrogen) atoms. The summed E-state index contributed by atoms with van der Waals surface area (Å²) in [7, 11) is 0. The fourth-order valence-corrected chi connectivity index (χ4v) is 2.52. The highest BCUT2D eigenvalue weighted by atomic mass is 15.1. The van der Waals surface area contributed by atoms with Gasteiger partial charge in [0.05, 0.1) is 11.6 Å². The van der Waals surface area contributed by atoms with Gasteiger partial charge in [-0.1, -0.05) is 13.0 Å². The molecule has 96 valence electrons. The molecule has 0 aliphatic carbocycles. The van der Waals surface area contributed by atoms with Crippen molar-refractivity contribution in [2.45, 2.75) is 19.8 Å². The molecule has 0 unspecified atom stereocenters. The average molecular weight is 243 g/mol. The van der Waals surface area contributed by atoms with Gasteiger partial charge in [0.15, 0.2) is 0 Å². The molecule has 0 amide bonds. The topological polar surface area (TPSA) is 39.1 Å². The number of anilines is 1. The van der Waals surface area contributed by atoms with Crippen LogP contribution in [-0.2, 0) is 0 Å². The van der Waals surface area contributed by atoms with Crippen LogP contribution in [0, 0.1) is 17.2 Å². The maximum absolute atomic E-state index is 8.92. The van der Waals surface area contributed by atoms with Crippen LogP contribution in [0.5, 0.6) is 0 Å². The van der Waals surface area contributed by atoms with E-state index in [1.165, 1.54) is 18.5 Å². The van der Waals surface area contributed by atoms with E-state index in [1.54, 1.807) is 0 Å². The van der Waals surface area contributed by atoms with Crippen molar-refractivity contribution in [2.24, 2.45) is 5.92 Å². The minimum Gasteiger partial charge on any atom is -0.371 e. The number of hydrogen-bond donors (Lipinski definition) is 1. The molecule has 0 atom stereocenters. The second-order valence-electron chi connectivity index (χ2n) is 4.90. The van der Waals surface area contributed by atoms with Gasteiger partial charge in [-0.05, 0) is 50.0 Å². The largest absolute Gasteiger partial charge is 0.371 e. The van der Waals surface area contributed by atoms with Crippen LogP contribution in [0.15, 0.2) is 24.3 Å². The molecule has 1 aliphatic rings. The van der Waals surface area contributed by atoms with Gasteiger partial charge in [-0.25, -0.2) is 0 Å². The Kier molecular flexibility index (Phi) is 4.60. The molecule has 1 aromatic carbocycles. The second-order valence-corrected chi connectivity index (χ2v) is 4.90. The van der Waals surface area contributed by atoms with Crippen molar-refractivity contribution in [2.75, 3.05) is 31.1 Å². The molecule has 0 radical (unpaired) electrons. The van der Waals surface area contributed by atoms with Crippen LogP contribution < -0.4 is 10.2 Å². The standard InChI is InChI=1S/C15H21N3/c1-2-17-12-13-6-8-18(9-7-13)15-5-3-4-14(10-15)11-16/h3-5,10,13,17H,2,6-9,12H2,1H3. The summed E-state index contributed by atoms with van der Waals surface area (Å²) in [5.74, 6) is 0.806. The number of piperidine rings is 1. The first kappa shape index (κ1) is 12.9. The fraction of sp³-hybridized carbons (Fsp3) is 0.533. The van der Waals surface area contributed by atoms with Gasteiger partial charge in [0.1, 0.15) is 0 Å². The summed E-state index contributed by atoms with van der Waals surface area (Å²) in [5.41, 5.74) is 1.94. The van der Waals surface area contributed by atoms with E-state index >= 15 is 0 Å². The van der Waals surface area contributed by atoms with Crippen LogP contribution in [-0.4, -0.2) is 26.2 Å². The minimum absolute atomic E-state index is 0.752. The molecule has 0 spiro atoms. The zero-order valence-corrected chi connectivity index (χ0v) is 11.0. The van der Waals surface area contributed by atoms with Crippen molar-refractivity contribution in [1.29, 1.82) is 5.26 Å². The Morgan fingerprint density at radius 3 is 2.83 bits per heavy atom. The Bertz CT molecular complexity index is 414. The normalized spacial score (nSPS) is 16.6. The molecular formula is C15H21N3. The third-order valence-corrected chi connectivity index (χ3v) is 3.64. The summed E-state index contributed by atoms with van der Waals surface area (Å²) in [4.78, 5) is 2.39. The van der Waals surface area contributed by atoms with Crippen LogP contribution in [0.4, 0.5) is 5.69 Å². The van der Waals surface area contributed by atoms with Gasteiger partial charge in [-0.2, -0.15) is 5.26 Å². The molecule has 1 aromatic rings. The molecule has 1 saturated heterocycles. The molecule has 0 saturated carbocycles. The predicted molar refractivity (Wildman–Crippen MR) is 74.6 cm³/mol. The highest BCUT2D eigenvalue weighted by Gasteiger charge is 2.18. The van der Waals surface area contributed by atoms with E-state index < -0.39 is 0 Å². The van der Waals surface area contributed by atoms with E-state index in [-0.39, 0.29) is 0 Å². The summed E-state index contributed by atoms with van der Waals surface area (Å²) in [5, 5.41) is 12.4. The van der Waals surface area contributed by atoms with Gasteiger partial charge >= 0.3 is 0 Å². The third kappa shape index (κ3) is 3.24. The molecule has 0 bridgehead atoms. The Morgan fingerprint density at radius 2 is 2.17 bits per heavy atom. The van der Waals surface area contributed by atoms with E-state index in [1.807, 2.05) is 18.2 Å². The SMILES string of the molecule is CCNCC1CCN(c2cccc(C#N)c2)CC1. The molecule has 1 fully saturated rings. The van der Waals surface area contributed by atoms with E-state index in [2.05, 4.69) is 29.3 Å². The smallest absolute Gasteiger partial charge is 0.0992 e. The lowest BCUT2D eigenvalue weighted by Crippen LogP contribution is -2.37. The Labute approximate surface area is 109 Å². The number of nitrogens with one attached hydrogen (secondary N) is 1. The maximum atomic E-state index is 8.92. The molecule has 1 N–H and O–H groups in total. The van der Waals surface area contributed by atoms with Crippen molar-refractivity contribution in [3.63, 3.8) is 0 Å². The highest BCUT2D eigenvalue weighted by Crippen LogP contribution is 2.23. The Hall–Kier alpha value is -1.53. The monoisotopic (exact) mass is 243 g/mol. The molecule has 1 aliphatic heterocycles. The molecule has 3 heteroatoms. The van der Waals surface area contributed by atoms with Gasteiger partial charge in [0.2, 0.25) is 0 Å². The highest BCUT2D eigenvalue weighted by molar-refractivity contribution is 5.51. The van der Waals surface area contributed by atoms with Gasteiger partial charge in [-0.3, -0.25) is 0 Å². The summed E-state index contributed by atoms with van der Waals surface area (Å²) < 4.78 is 0. The number of benzene rings is 1. The third-order valence-electron chi connectivity index (χ3n) is 3.64. The summed E-state index contributed by atoms with van der Waals surface area (Å²) in [6.45, 7) is 6.56. The number of hydrogen-bond acceptors (Lipinski definition) is 3. The van der Waals surface area contributed by atoms with Crippen molar-refractivity contribution in [1.82, 2.24) is 5.32 Å². The van der Waals surface area contributed by atoms with Crippen LogP contribution in [0.1, 0.15) is 25.3 Å².